The molecule has 0 spiro atoms. The second-order valence-electron chi connectivity index (χ2n) is 8.33. The summed E-state index contributed by atoms with van der Waals surface area (Å²) in [6, 6.07) is 14.8. The van der Waals surface area contributed by atoms with E-state index in [1.54, 1.807) is 0 Å². The summed E-state index contributed by atoms with van der Waals surface area (Å²) in [7, 11) is 0. The highest BCUT2D eigenvalue weighted by Gasteiger charge is 2.26. The Bertz CT molecular complexity index is 870. The number of fused-ring (bicyclic) bond motifs is 1. The average molecular weight is 349 g/mol. The molecule has 0 amide bonds. The van der Waals surface area contributed by atoms with Gasteiger partial charge in [-0.25, -0.2) is 0 Å². The summed E-state index contributed by atoms with van der Waals surface area (Å²) in [4.78, 5) is 2.53. The summed E-state index contributed by atoms with van der Waals surface area (Å²) in [5.41, 5.74) is 3.33. The Kier molecular flexibility index (Phi) is 4.49. The van der Waals surface area contributed by atoms with Crippen molar-refractivity contribution in [2.45, 2.75) is 51.5 Å². The molecular weight excluding hydrogens is 322 g/mol. The lowest BCUT2D eigenvalue weighted by atomic mass is 9.92. The number of nitrogens with zero attached hydrogens (tertiary/aromatic N) is 5. The molecule has 0 unspecified atom stereocenters. The fourth-order valence-corrected chi connectivity index (χ4v) is 3.65. The molecule has 136 valence electrons. The molecule has 0 radical (unpaired) electrons. The number of hydrogen-bond acceptors (Lipinski definition) is 4. The topological polar surface area (TPSA) is 46.3 Å². The van der Waals surface area contributed by atoms with E-state index in [2.05, 4.69) is 72.3 Å². The van der Waals surface area contributed by atoms with Gasteiger partial charge in [0.05, 0.1) is 5.69 Å². The molecule has 1 saturated heterocycles. The van der Waals surface area contributed by atoms with Crippen molar-refractivity contribution in [1.82, 2.24) is 24.7 Å². The minimum absolute atomic E-state index is 0.0226. The van der Waals surface area contributed by atoms with Crippen LogP contribution in [0.1, 0.15) is 56.6 Å². The summed E-state index contributed by atoms with van der Waals surface area (Å²) in [5, 5.41) is 13.7. The molecule has 26 heavy (non-hydrogen) atoms. The fraction of sp³-hybridized carbons (Fsp3) is 0.476. The van der Waals surface area contributed by atoms with Crippen LogP contribution in [0.3, 0.4) is 0 Å². The number of benzene rings is 1. The maximum absolute atomic E-state index is 4.85. The van der Waals surface area contributed by atoms with Gasteiger partial charge in [0.25, 0.3) is 0 Å². The first-order valence-corrected chi connectivity index (χ1v) is 9.50. The smallest absolute Gasteiger partial charge is 0.177 e. The molecule has 3 heterocycles. The number of hydrogen-bond donors (Lipinski definition) is 0. The normalized spacial score (nSPS) is 17.0. The molecule has 2 aromatic heterocycles. The van der Waals surface area contributed by atoms with Gasteiger partial charge in [-0.3, -0.25) is 4.90 Å². The first-order valence-electron chi connectivity index (χ1n) is 9.50. The number of aromatic nitrogens is 4. The monoisotopic (exact) mass is 349 g/mol. The number of piperidine rings is 1. The minimum atomic E-state index is 0.0226. The van der Waals surface area contributed by atoms with Gasteiger partial charge in [-0.05, 0) is 43.6 Å². The molecule has 5 nitrogen and oxygen atoms in total. The first-order chi connectivity index (χ1) is 12.5. The molecule has 1 fully saturated rings. The predicted octanol–water partition coefficient (Wildman–Crippen LogP) is 3.80. The minimum Gasteiger partial charge on any atom is -0.299 e. The molecule has 0 atom stereocenters. The summed E-state index contributed by atoms with van der Waals surface area (Å²) in [6.07, 6.45) is 2.21. The van der Waals surface area contributed by atoms with Crippen LogP contribution in [0.2, 0.25) is 0 Å². The Morgan fingerprint density at radius 2 is 1.69 bits per heavy atom. The van der Waals surface area contributed by atoms with E-state index in [1.807, 2.05) is 10.6 Å². The zero-order valence-electron chi connectivity index (χ0n) is 15.9. The van der Waals surface area contributed by atoms with E-state index < -0.39 is 0 Å². The van der Waals surface area contributed by atoms with Crippen LogP contribution >= 0.6 is 0 Å². The Labute approximate surface area is 155 Å². The molecule has 0 aliphatic carbocycles. The van der Waals surface area contributed by atoms with Gasteiger partial charge >= 0.3 is 0 Å². The molecular formula is C21H27N5. The molecule has 0 saturated carbocycles. The van der Waals surface area contributed by atoms with Crippen LogP contribution in [0.4, 0.5) is 0 Å². The summed E-state index contributed by atoms with van der Waals surface area (Å²) in [6.45, 7) is 9.77. The van der Waals surface area contributed by atoms with Crippen LogP contribution in [0.25, 0.3) is 5.65 Å². The third-order valence-electron chi connectivity index (χ3n) is 5.26. The molecule has 1 aliphatic heterocycles. The second kappa shape index (κ2) is 6.80. The molecule has 0 bridgehead atoms. The van der Waals surface area contributed by atoms with Crippen LogP contribution in [0, 0.1) is 0 Å². The Balaban J connectivity index is 1.49. The molecule has 4 rings (SSSR count). The van der Waals surface area contributed by atoms with Crippen molar-refractivity contribution >= 4 is 5.65 Å². The zero-order chi connectivity index (χ0) is 18.1. The van der Waals surface area contributed by atoms with E-state index in [9.17, 15) is 0 Å². The molecule has 1 aromatic carbocycles. The second-order valence-corrected chi connectivity index (χ2v) is 8.33. The van der Waals surface area contributed by atoms with Gasteiger partial charge in [0.1, 0.15) is 0 Å². The zero-order valence-corrected chi connectivity index (χ0v) is 15.9. The summed E-state index contributed by atoms with van der Waals surface area (Å²) < 4.78 is 1.97. The van der Waals surface area contributed by atoms with Crippen molar-refractivity contribution in [3.05, 3.63) is 59.5 Å². The molecule has 3 aromatic rings. The van der Waals surface area contributed by atoms with Crippen molar-refractivity contribution in [3.8, 4) is 0 Å². The van der Waals surface area contributed by atoms with Gasteiger partial charge in [-0.1, -0.05) is 51.1 Å². The number of rotatable bonds is 3. The van der Waals surface area contributed by atoms with Gasteiger partial charge < -0.3 is 0 Å². The van der Waals surface area contributed by atoms with Gasteiger partial charge in [-0.2, -0.15) is 9.61 Å². The lowest BCUT2D eigenvalue weighted by Gasteiger charge is -2.31. The quantitative estimate of drug-likeness (QED) is 0.721. The van der Waals surface area contributed by atoms with Crippen LogP contribution in [-0.4, -0.2) is 37.8 Å². The Morgan fingerprint density at radius 1 is 0.962 bits per heavy atom. The van der Waals surface area contributed by atoms with Crippen molar-refractivity contribution < 1.29 is 0 Å². The van der Waals surface area contributed by atoms with Crippen LogP contribution in [0.5, 0.6) is 0 Å². The van der Waals surface area contributed by atoms with Gasteiger partial charge in [0.2, 0.25) is 0 Å². The third kappa shape index (κ3) is 3.49. The summed E-state index contributed by atoms with van der Waals surface area (Å²) >= 11 is 0. The highest BCUT2D eigenvalue weighted by molar-refractivity contribution is 5.37. The Hall–Kier alpha value is -2.27. The largest absolute Gasteiger partial charge is 0.299 e. The van der Waals surface area contributed by atoms with E-state index in [1.165, 1.54) is 5.56 Å². The van der Waals surface area contributed by atoms with Crippen molar-refractivity contribution in [1.29, 1.82) is 0 Å². The Morgan fingerprint density at radius 3 is 2.38 bits per heavy atom. The average Bonchev–Trinajstić information content (AvgIpc) is 3.06. The van der Waals surface area contributed by atoms with Crippen LogP contribution in [0.15, 0.2) is 42.5 Å². The lowest BCUT2D eigenvalue weighted by molar-refractivity contribution is 0.201. The molecule has 5 heteroatoms. The lowest BCUT2D eigenvalue weighted by Crippen LogP contribution is -2.33. The van der Waals surface area contributed by atoms with E-state index >= 15 is 0 Å². The first kappa shape index (κ1) is 17.2. The van der Waals surface area contributed by atoms with Gasteiger partial charge in [-0.15, -0.1) is 10.2 Å². The van der Waals surface area contributed by atoms with E-state index in [0.29, 0.717) is 5.92 Å². The molecule has 1 aliphatic rings. The van der Waals surface area contributed by atoms with Crippen molar-refractivity contribution in [2.24, 2.45) is 0 Å². The van der Waals surface area contributed by atoms with Gasteiger partial charge in [0.15, 0.2) is 11.5 Å². The van der Waals surface area contributed by atoms with Crippen molar-refractivity contribution in [3.63, 3.8) is 0 Å². The van der Waals surface area contributed by atoms with Crippen molar-refractivity contribution in [2.75, 3.05) is 13.1 Å². The standard InChI is InChI=1S/C21H27N5/c1-21(2,3)18-9-10-19-22-23-20(26(19)24-18)17-11-13-25(14-12-17)15-16-7-5-4-6-8-16/h4-10,17H,11-15H2,1-3H3. The maximum Gasteiger partial charge on any atom is 0.177 e. The van der Waals surface area contributed by atoms with Crippen LogP contribution < -0.4 is 0 Å². The van der Waals surface area contributed by atoms with Gasteiger partial charge in [0, 0.05) is 17.9 Å². The maximum atomic E-state index is 4.85. The fourth-order valence-electron chi connectivity index (χ4n) is 3.65. The SMILES string of the molecule is CC(C)(C)c1ccc2nnc(C3CCN(Cc4ccccc4)CC3)n2n1. The highest BCUT2D eigenvalue weighted by Crippen LogP contribution is 2.28. The highest BCUT2D eigenvalue weighted by atomic mass is 15.4. The molecule has 0 N–H and O–H groups in total. The van der Waals surface area contributed by atoms with E-state index in [-0.39, 0.29) is 5.41 Å². The van der Waals surface area contributed by atoms with Crippen LogP contribution in [-0.2, 0) is 12.0 Å². The third-order valence-corrected chi connectivity index (χ3v) is 5.26. The number of likely N-dealkylation sites (tertiary alicyclic amines) is 1. The van der Waals surface area contributed by atoms with E-state index in [4.69, 9.17) is 5.10 Å². The van der Waals surface area contributed by atoms with E-state index in [0.717, 1.165) is 49.6 Å². The predicted molar refractivity (Wildman–Crippen MR) is 103 cm³/mol. The summed E-state index contributed by atoms with van der Waals surface area (Å²) in [5.74, 6) is 1.45.